The number of carbonyl (C=O) groups is 2. The van der Waals surface area contributed by atoms with E-state index in [4.69, 9.17) is 0 Å². The zero-order chi connectivity index (χ0) is 24.3. The molecule has 3 aromatic carbocycles. The van der Waals surface area contributed by atoms with Crippen molar-refractivity contribution in [1.29, 1.82) is 0 Å². The SMILES string of the molecule is CC1CCNC(C(=O)O)(C(=O)[C@H](Cc2ccccc2)NS(=O)(=O)c2ccc3ccccc3c2)C1. The highest BCUT2D eigenvalue weighted by atomic mass is 32.2. The van der Waals surface area contributed by atoms with Gasteiger partial charge in [0.15, 0.2) is 11.3 Å². The van der Waals surface area contributed by atoms with E-state index in [0.29, 0.717) is 6.54 Å². The number of carboxylic acid groups (broad SMARTS) is 1. The normalized spacial score (nSPS) is 21.7. The van der Waals surface area contributed by atoms with E-state index in [1.54, 1.807) is 36.4 Å². The summed E-state index contributed by atoms with van der Waals surface area (Å²) in [7, 11) is -4.11. The van der Waals surface area contributed by atoms with Crippen molar-refractivity contribution in [2.75, 3.05) is 6.54 Å². The number of aliphatic carboxylic acids is 1. The predicted octanol–water partition coefficient (Wildman–Crippen LogP) is 3.14. The molecular formula is C26H28N2O5S. The van der Waals surface area contributed by atoms with Crippen LogP contribution in [0.2, 0.25) is 0 Å². The first-order valence-corrected chi connectivity index (χ1v) is 12.8. The number of carbonyl (C=O) groups excluding carboxylic acids is 1. The first-order valence-electron chi connectivity index (χ1n) is 11.3. The van der Waals surface area contributed by atoms with Gasteiger partial charge in [-0.3, -0.25) is 10.1 Å². The first-order chi connectivity index (χ1) is 16.2. The number of hydrogen-bond acceptors (Lipinski definition) is 5. The van der Waals surface area contributed by atoms with Crippen LogP contribution >= 0.6 is 0 Å². The molecule has 0 aromatic heterocycles. The van der Waals surface area contributed by atoms with Gasteiger partial charge in [-0.05, 0) is 60.2 Å². The zero-order valence-corrected chi connectivity index (χ0v) is 19.7. The highest BCUT2D eigenvalue weighted by Crippen LogP contribution is 2.28. The van der Waals surface area contributed by atoms with Gasteiger partial charge in [0.05, 0.1) is 10.9 Å². The molecule has 3 N–H and O–H groups in total. The van der Waals surface area contributed by atoms with Crippen LogP contribution in [0.5, 0.6) is 0 Å². The molecule has 2 unspecified atom stereocenters. The molecule has 0 radical (unpaired) electrons. The summed E-state index contributed by atoms with van der Waals surface area (Å²) in [5, 5.41) is 14.6. The Hall–Kier alpha value is -3.07. The van der Waals surface area contributed by atoms with Gasteiger partial charge in [-0.15, -0.1) is 0 Å². The number of fused-ring (bicyclic) bond motifs is 1. The number of sulfonamides is 1. The molecule has 4 rings (SSSR count). The molecule has 178 valence electrons. The molecule has 8 heteroatoms. The summed E-state index contributed by atoms with van der Waals surface area (Å²) < 4.78 is 29.3. The van der Waals surface area contributed by atoms with Gasteiger partial charge in [0.25, 0.3) is 0 Å². The third-order valence-electron chi connectivity index (χ3n) is 6.43. The lowest BCUT2D eigenvalue weighted by Gasteiger charge is -2.38. The Morgan fingerprint density at radius 3 is 2.41 bits per heavy atom. The summed E-state index contributed by atoms with van der Waals surface area (Å²) in [4.78, 5) is 26.1. The van der Waals surface area contributed by atoms with Gasteiger partial charge in [0.1, 0.15) is 0 Å². The Morgan fingerprint density at radius 1 is 1.06 bits per heavy atom. The number of ketones is 1. The second kappa shape index (κ2) is 9.66. The molecule has 0 spiro atoms. The van der Waals surface area contributed by atoms with Crippen molar-refractivity contribution >= 4 is 32.5 Å². The summed E-state index contributed by atoms with van der Waals surface area (Å²) in [6.07, 6.45) is 0.885. The number of benzene rings is 3. The Balaban J connectivity index is 1.71. The van der Waals surface area contributed by atoms with Crippen LogP contribution in [0, 0.1) is 5.92 Å². The maximum Gasteiger partial charge on any atom is 0.331 e. The van der Waals surface area contributed by atoms with Crippen molar-refractivity contribution < 1.29 is 23.1 Å². The van der Waals surface area contributed by atoms with Crippen LogP contribution in [0.1, 0.15) is 25.3 Å². The minimum Gasteiger partial charge on any atom is -0.480 e. The van der Waals surface area contributed by atoms with Crippen LogP contribution in [0.3, 0.4) is 0 Å². The molecule has 0 aliphatic carbocycles. The third kappa shape index (κ3) is 4.89. The highest BCUT2D eigenvalue weighted by Gasteiger charge is 2.51. The second-order valence-corrected chi connectivity index (χ2v) is 10.7. The van der Waals surface area contributed by atoms with E-state index >= 15 is 0 Å². The van der Waals surface area contributed by atoms with E-state index in [-0.39, 0.29) is 23.7 Å². The van der Waals surface area contributed by atoms with Crippen molar-refractivity contribution in [3.8, 4) is 0 Å². The Bertz CT molecular complexity index is 1310. The van der Waals surface area contributed by atoms with Gasteiger partial charge in [-0.2, -0.15) is 0 Å². The van der Waals surface area contributed by atoms with E-state index in [1.807, 2.05) is 37.3 Å². The van der Waals surface area contributed by atoms with Crippen LogP contribution in [0.4, 0.5) is 0 Å². The number of hydrogen-bond donors (Lipinski definition) is 3. The zero-order valence-electron chi connectivity index (χ0n) is 18.9. The average Bonchev–Trinajstić information content (AvgIpc) is 2.83. The molecule has 0 amide bonds. The van der Waals surface area contributed by atoms with E-state index in [0.717, 1.165) is 22.8 Å². The lowest BCUT2D eigenvalue weighted by atomic mass is 9.77. The molecule has 1 aliphatic rings. The molecule has 1 saturated heterocycles. The molecule has 34 heavy (non-hydrogen) atoms. The number of rotatable bonds is 8. The molecule has 1 fully saturated rings. The van der Waals surface area contributed by atoms with Gasteiger partial charge < -0.3 is 5.11 Å². The van der Waals surface area contributed by atoms with Crippen LogP contribution in [-0.4, -0.2) is 43.4 Å². The van der Waals surface area contributed by atoms with E-state index in [9.17, 15) is 23.1 Å². The van der Waals surface area contributed by atoms with E-state index in [2.05, 4.69) is 10.0 Å². The fraction of sp³-hybridized carbons (Fsp3) is 0.308. The fourth-order valence-corrected chi connectivity index (χ4v) is 5.84. The molecule has 3 aromatic rings. The molecule has 0 saturated carbocycles. The number of carboxylic acids is 1. The van der Waals surface area contributed by atoms with Gasteiger partial charge in [-0.1, -0.05) is 67.6 Å². The van der Waals surface area contributed by atoms with Crippen molar-refractivity contribution in [1.82, 2.24) is 10.0 Å². The van der Waals surface area contributed by atoms with Crippen molar-refractivity contribution in [3.63, 3.8) is 0 Å². The molecule has 3 atom stereocenters. The molecule has 0 bridgehead atoms. The number of Topliss-reactive ketones (excluding diaryl/α,β-unsaturated/α-hetero) is 1. The van der Waals surface area contributed by atoms with Gasteiger partial charge in [0, 0.05) is 0 Å². The van der Waals surface area contributed by atoms with Crippen LogP contribution in [0.25, 0.3) is 10.8 Å². The molecule has 1 heterocycles. The summed E-state index contributed by atoms with van der Waals surface area (Å²) >= 11 is 0. The van der Waals surface area contributed by atoms with Crippen molar-refractivity contribution in [2.24, 2.45) is 5.92 Å². The standard InChI is InChI=1S/C26H28N2O5S/c1-18-13-14-27-26(17-18,25(30)31)24(29)23(15-19-7-3-2-4-8-19)28-34(32,33)22-12-11-20-9-5-6-10-21(20)16-22/h2-12,16,18,23,27-28H,13-15,17H2,1H3,(H,30,31)/t18?,23-,26?/m0/s1. The van der Waals surface area contributed by atoms with Gasteiger partial charge in [0.2, 0.25) is 10.0 Å². The van der Waals surface area contributed by atoms with E-state index < -0.39 is 33.4 Å². The minimum atomic E-state index is -4.11. The lowest BCUT2D eigenvalue weighted by molar-refractivity contribution is -0.153. The third-order valence-corrected chi connectivity index (χ3v) is 7.90. The van der Waals surface area contributed by atoms with Gasteiger partial charge >= 0.3 is 5.97 Å². The minimum absolute atomic E-state index is 0.00997. The van der Waals surface area contributed by atoms with E-state index in [1.165, 1.54) is 6.07 Å². The maximum atomic E-state index is 13.8. The van der Waals surface area contributed by atoms with Crippen LogP contribution < -0.4 is 10.0 Å². The summed E-state index contributed by atoms with van der Waals surface area (Å²) in [6.45, 7) is 2.27. The number of nitrogens with one attached hydrogen (secondary N) is 2. The largest absolute Gasteiger partial charge is 0.480 e. The lowest BCUT2D eigenvalue weighted by Crippen LogP contribution is -2.66. The maximum absolute atomic E-state index is 13.8. The van der Waals surface area contributed by atoms with Crippen LogP contribution in [-0.2, 0) is 26.0 Å². The monoisotopic (exact) mass is 480 g/mol. The molecule has 1 aliphatic heterocycles. The van der Waals surface area contributed by atoms with Gasteiger partial charge in [-0.25, -0.2) is 17.9 Å². The van der Waals surface area contributed by atoms with Crippen molar-refractivity contribution in [3.05, 3.63) is 78.4 Å². The quantitative estimate of drug-likeness (QED) is 0.427. The first kappa shape index (κ1) is 24.1. The predicted molar refractivity (Wildman–Crippen MR) is 130 cm³/mol. The average molecular weight is 481 g/mol. The topological polar surface area (TPSA) is 113 Å². The summed E-state index contributed by atoms with van der Waals surface area (Å²) in [6, 6.07) is 19.9. The molecule has 7 nitrogen and oxygen atoms in total. The molecular weight excluding hydrogens is 452 g/mol. The Morgan fingerprint density at radius 2 is 1.74 bits per heavy atom. The highest BCUT2D eigenvalue weighted by molar-refractivity contribution is 7.89. The summed E-state index contributed by atoms with van der Waals surface area (Å²) in [5.41, 5.74) is -1.12. The van der Waals surface area contributed by atoms with Crippen LogP contribution in [0.15, 0.2) is 77.7 Å². The van der Waals surface area contributed by atoms with Crippen molar-refractivity contribution in [2.45, 2.75) is 42.7 Å². The smallest absolute Gasteiger partial charge is 0.331 e. The summed E-state index contributed by atoms with van der Waals surface area (Å²) in [5.74, 6) is -1.96. The fourth-order valence-electron chi connectivity index (χ4n) is 4.61. The second-order valence-electron chi connectivity index (χ2n) is 8.97. The Kier molecular flexibility index (Phi) is 6.84. The number of piperidine rings is 1. The Labute approximate surface area is 199 Å².